The van der Waals surface area contributed by atoms with Crippen molar-refractivity contribution in [2.24, 2.45) is 0 Å². The molecule has 0 amide bonds. The fraction of sp³-hybridized carbons (Fsp3) is 0.116. The van der Waals surface area contributed by atoms with Gasteiger partial charge in [-0.1, -0.05) is 272 Å². The predicted octanol–water partition coefficient (Wildman–Crippen LogP) is 20.0. The summed E-state index contributed by atoms with van der Waals surface area (Å²) in [6, 6.07) is 104. The second kappa shape index (κ2) is 22.6. The fourth-order valence-corrected chi connectivity index (χ4v) is 14.6. The highest BCUT2D eigenvalue weighted by Crippen LogP contribution is 2.47. The molecule has 2 aliphatic heterocycles. The highest BCUT2D eigenvalue weighted by atomic mass is 15.2. The highest BCUT2D eigenvalue weighted by molar-refractivity contribution is 7.00. The number of benzene rings is 11. The summed E-state index contributed by atoms with van der Waals surface area (Å²) >= 11 is 0. The first-order valence-electron chi connectivity index (χ1n) is 32.3. The molecule has 0 bridgehead atoms. The molecule has 442 valence electrons. The molecule has 0 atom stereocenters. The smallest absolute Gasteiger partial charge is 0.252 e. The van der Waals surface area contributed by atoms with Crippen molar-refractivity contribution < 1.29 is 0 Å². The summed E-state index contributed by atoms with van der Waals surface area (Å²) in [7, 11) is 0. The van der Waals surface area contributed by atoms with Gasteiger partial charge in [-0.15, -0.1) is 0 Å². The standard InChI is InChI=1S/C86H70BN5/c1-85(2,3)82-47-43-63(53-88-82)61-41-45-78-74(49-61)87-75-50-62(64-44-48-83(89-54-64)86(4,5)6)42-46-79(75)91(56-73-68(59-29-15-9-16-30-59)37-24-38-69(73)60-31-17-10-18-32-60)81-52-65(92-76-39-21-19-33-70(76)71-34-20-22-40-77(71)92)51-80(84(81)87)90(78)55-72-66(57-25-11-7-12-26-57)35-23-36-67(72)58-27-13-8-14-28-58/h7-54H,55-56H2,1-6H3. The summed E-state index contributed by atoms with van der Waals surface area (Å²) < 4.78 is 2.52. The molecule has 11 aromatic carbocycles. The van der Waals surface area contributed by atoms with Gasteiger partial charge in [0.05, 0.1) is 16.7 Å². The lowest BCUT2D eigenvalue weighted by Gasteiger charge is -2.45. The van der Waals surface area contributed by atoms with E-state index in [-0.39, 0.29) is 17.5 Å². The van der Waals surface area contributed by atoms with Crippen LogP contribution >= 0.6 is 0 Å². The first-order chi connectivity index (χ1) is 44.9. The van der Waals surface area contributed by atoms with Crippen LogP contribution in [0.15, 0.2) is 291 Å². The van der Waals surface area contributed by atoms with Crippen LogP contribution in [-0.4, -0.2) is 21.2 Å². The third-order valence-electron chi connectivity index (χ3n) is 19.1. The summed E-state index contributed by atoms with van der Waals surface area (Å²) in [4.78, 5) is 15.7. The fourth-order valence-electron chi connectivity index (χ4n) is 14.6. The van der Waals surface area contributed by atoms with Gasteiger partial charge in [-0.25, -0.2) is 0 Å². The Morgan fingerprint density at radius 1 is 0.315 bits per heavy atom. The largest absolute Gasteiger partial charge is 0.338 e. The quantitative estimate of drug-likeness (QED) is 0.121. The Hall–Kier alpha value is -10.8. The molecule has 6 heteroatoms. The Bertz CT molecular complexity index is 4670. The van der Waals surface area contributed by atoms with Crippen molar-refractivity contribution in [1.29, 1.82) is 0 Å². The van der Waals surface area contributed by atoms with Crippen LogP contribution in [0, 0.1) is 0 Å². The molecule has 0 radical (unpaired) electrons. The van der Waals surface area contributed by atoms with Gasteiger partial charge in [0.15, 0.2) is 0 Å². The molecular formula is C86H70BN5. The maximum Gasteiger partial charge on any atom is 0.252 e. The van der Waals surface area contributed by atoms with Gasteiger partial charge in [-0.3, -0.25) is 9.97 Å². The van der Waals surface area contributed by atoms with E-state index in [1.807, 2.05) is 0 Å². The van der Waals surface area contributed by atoms with Crippen LogP contribution in [0.1, 0.15) is 64.1 Å². The van der Waals surface area contributed by atoms with E-state index in [0.29, 0.717) is 13.1 Å². The maximum absolute atomic E-state index is 5.15. The number of hydrogen-bond donors (Lipinski definition) is 0. The maximum atomic E-state index is 5.15. The lowest BCUT2D eigenvalue weighted by molar-refractivity contribution is 0.569. The Morgan fingerprint density at radius 2 is 0.663 bits per heavy atom. The molecule has 0 N–H and O–H groups in total. The molecule has 5 nitrogen and oxygen atoms in total. The number of nitrogens with zero attached hydrogens (tertiary/aromatic N) is 5. The van der Waals surface area contributed by atoms with E-state index in [0.717, 1.165) is 50.4 Å². The summed E-state index contributed by atoms with van der Waals surface area (Å²) in [6.07, 6.45) is 4.17. The van der Waals surface area contributed by atoms with Gasteiger partial charge in [0.2, 0.25) is 0 Å². The number of aromatic nitrogens is 3. The Labute approximate surface area is 540 Å². The highest BCUT2D eigenvalue weighted by Gasteiger charge is 2.44. The molecule has 14 aromatic rings. The van der Waals surface area contributed by atoms with E-state index in [9.17, 15) is 0 Å². The molecule has 0 saturated carbocycles. The van der Waals surface area contributed by atoms with Gasteiger partial charge in [0, 0.05) is 81.2 Å². The zero-order valence-electron chi connectivity index (χ0n) is 52.9. The Balaban J connectivity index is 1.03. The average molecular weight is 1180 g/mol. The SMILES string of the molecule is CC(C)(C)c1ccc(-c2ccc3c(c2)B2c4cc(-c5ccc(C(C)(C)C)nc5)ccc4N(Cc4c(-c5ccccc5)cccc4-c4ccccc4)c4cc(-n5c6ccccc6c6ccccc65)cc(c42)N3Cc2c(-c3ccccc3)cccc2-c2ccccc2)cn1. The second-order valence-electron chi connectivity index (χ2n) is 26.9. The lowest BCUT2D eigenvalue weighted by atomic mass is 9.33. The third-order valence-corrected chi connectivity index (χ3v) is 19.1. The van der Waals surface area contributed by atoms with Crippen molar-refractivity contribution in [3.05, 3.63) is 314 Å². The topological polar surface area (TPSA) is 37.2 Å². The van der Waals surface area contributed by atoms with Crippen molar-refractivity contribution in [1.82, 2.24) is 14.5 Å². The van der Waals surface area contributed by atoms with Crippen LogP contribution in [-0.2, 0) is 23.9 Å². The molecule has 2 aliphatic rings. The zero-order valence-corrected chi connectivity index (χ0v) is 52.9. The van der Waals surface area contributed by atoms with Crippen molar-refractivity contribution in [2.75, 3.05) is 9.80 Å². The molecule has 0 spiro atoms. The molecule has 0 aliphatic carbocycles. The molecule has 5 heterocycles. The summed E-state index contributed by atoms with van der Waals surface area (Å²) in [5.74, 6) is 0. The van der Waals surface area contributed by atoms with Gasteiger partial charge in [-0.2, -0.15) is 0 Å². The molecule has 0 saturated heterocycles. The van der Waals surface area contributed by atoms with Gasteiger partial charge in [-0.05, 0) is 143 Å². The number of para-hydroxylation sites is 2. The van der Waals surface area contributed by atoms with E-state index < -0.39 is 0 Å². The summed E-state index contributed by atoms with van der Waals surface area (Å²) in [5, 5.41) is 2.45. The lowest BCUT2D eigenvalue weighted by Crippen LogP contribution is -2.62. The minimum absolute atomic E-state index is 0.0941. The molecule has 92 heavy (non-hydrogen) atoms. The predicted molar refractivity (Wildman–Crippen MR) is 388 cm³/mol. The second-order valence-corrected chi connectivity index (χ2v) is 26.9. The Kier molecular flexibility index (Phi) is 13.9. The Morgan fingerprint density at radius 3 is 1.01 bits per heavy atom. The van der Waals surface area contributed by atoms with Crippen molar-refractivity contribution in [2.45, 2.75) is 65.5 Å². The van der Waals surface area contributed by atoms with E-state index in [4.69, 9.17) is 9.97 Å². The number of hydrogen-bond acceptors (Lipinski definition) is 4. The van der Waals surface area contributed by atoms with Crippen LogP contribution in [0.4, 0.5) is 22.7 Å². The molecule has 0 unspecified atom stereocenters. The molecular weight excluding hydrogens is 1110 g/mol. The van der Waals surface area contributed by atoms with Gasteiger partial charge >= 0.3 is 0 Å². The minimum Gasteiger partial charge on any atom is -0.338 e. The minimum atomic E-state index is -0.205. The number of pyridine rings is 2. The number of rotatable bonds is 11. The van der Waals surface area contributed by atoms with Crippen LogP contribution in [0.3, 0.4) is 0 Å². The van der Waals surface area contributed by atoms with Crippen LogP contribution in [0.25, 0.3) is 94.3 Å². The normalized spacial score (nSPS) is 12.7. The first kappa shape index (κ1) is 56.4. The monoisotopic (exact) mass is 1180 g/mol. The zero-order chi connectivity index (χ0) is 62.2. The van der Waals surface area contributed by atoms with Gasteiger partial charge in [0.1, 0.15) is 0 Å². The number of fused-ring (bicyclic) bond motifs is 7. The van der Waals surface area contributed by atoms with E-state index in [2.05, 4.69) is 347 Å². The van der Waals surface area contributed by atoms with Gasteiger partial charge < -0.3 is 14.4 Å². The molecule has 3 aromatic heterocycles. The van der Waals surface area contributed by atoms with Crippen molar-refractivity contribution in [3.8, 4) is 72.4 Å². The van der Waals surface area contributed by atoms with Crippen LogP contribution in [0.5, 0.6) is 0 Å². The first-order valence-corrected chi connectivity index (χ1v) is 32.3. The van der Waals surface area contributed by atoms with Crippen LogP contribution < -0.4 is 26.2 Å². The number of anilines is 4. The van der Waals surface area contributed by atoms with E-state index in [1.54, 1.807) is 0 Å². The van der Waals surface area contributed by atoms with Crippen molar-refractivity contribution >= 4 is 67.7 Å². The summed E-state index contributed by atoms with van der Waals surface area (Å²) in [6.45, 7) is 14.4. The third kappa shape index (κ3) is 9.89. The van der Waals surface area contributed by atoms with Crippen molar-refractivity contribution in [3.63, 3.8) is 0 Å². The molecule has 16 rings (SSSR count). The van der Waals surface area contributed by atoms with Crippen LogP contribution in [0.2, 0.25) is 0 Å². The average Bonchev–Trinajstić information content (AvgIpc) is 0.822. The van der Waals surface area contributed by atoms with Gasteiger partial charge in [0.25, 0.3) is 6.71 Å². The summed E-state index contributed by atoms with van der Waals surface area (Å²) in [5.41, 5.74) is 30.3. The van der Waals surface area contributed by atoms with E-state index in [1.165, 1.54) is 106 Å². The van der Waals surface area contributed by atoms with E-state index >= 15 is 0 Å². The molecule has 0 fully saturated rings.